The van der Waals surface area contributed by atoms with Gasteiger partial charge in [0.25, 0.3) is 5.91 Å². The number of hydrogen-bond donors (Lipinski definition) is 2. The van der Waals surface area contributed by atoms with Crippen LogP contribution in [-0.2, 0) is 0 Å². The van der Waals surface area contributed by atoms with Gasteiger partial charge >= 0.3 is 0 Å². The van der Waals surface area contributed by atoms with E-state index < -0.39 is 0 Å². The van der Waals surface area contributed by atoms with E-state index in [1.165, 1.54) is 49.6 Å². The van der Waals surface area contributed by atoms with Crippen molar-refractivity contribution in [2.45, 2.75) is 45.4 Å². The lowest BCUT2D eigenvalue weighted by Gasteiger charge is -2.30. The van der Waals surface area contributed by atoms with Crippen LogP contribution in [0.1, 0.15) is 61.4 Å². The Labute approximate surface area is 173 Å². The molecule has 29 heavy (non-hydrogen) atoms. The minimum absolute atomic E-state index is 0.0383. The van der Waals surface area contributed by atoms with Gasteiger partial charge in [-0.25, -0.2) is 0 Å². The molecule has 1 aromatic carbocycles. The second-order valence-corrected chi connectivity index (χ2v) is 9.06. The van der Waals surface area contributed by atoms with Gasteiger partial charge in [-0.05, 0) is 67.0 Å². The first-order valence-corrected chi connectivity index (χ1v) is 10.9. The standard InChI is InChI=1S/C24H32N2O3/c1-16(2)20-11-21(23(28)12-22(20)27)24(29)26-14-18-7-6-17(10-19(18)15-26)13-25-8-4-3-5-9-25/h6-7,11-12,16-17,27-28H,3-5,8-10,13-15H2,1-2H3. The summed E-state index contributed by atoms with van der Waals surface area (Å²) in [6.45, 7) is 8.67. The van der Waals surface area contributed by atoms with Gasteiger partial charge in [-0.15, -0.1) is 0 Å². The van der Waals surface area contributed by atoms with Crippen molar-refractivity contribution in [3.05, 3.63) is 46.6 Å². The maximum absolute atomic E-state index is 13.1. The third-order valence-electron chi connectivity index (χ3n) is 6.50. The Morgan fingerprint density at radius 1 is 1.10 bits per heavy atom. The molecule has 0 aromatic heterocycles. The molecule has 2 aliphatic heterocycles. The highest BCUT2D eigenvalue weighted by molar-refractivity contribution is 5.98. The number of likely N-dealkylation sites (tertiary alicyclic amines) is 1. The molecular formula is C24H32N2O3. The van der Waals surface area contributed by atoms with E-state index in [-0.39, 0.29) is 28.9 Å². The van der Waals surface area contributed by atoms with E-state index >= 15 is 0 Å². The molecule has 1 amide bonds. The molecule has 5 heteroatoms. The number of piperidine rings is 1. The van der Waals surface area contributed by atoms with Gasteiger partial charge in [0.05, 0.1) is 5.56 Å². The summed E-state index contributed by atoms with van der Waals surface area (Å²) in [6, 6.07) is 2.94. The monoisotopic (exact) mass is 396 g/mol. The lowest BCUT2D eigenvalue weighted by Crippen LogP contribution is -2.34. The minimum Gasteiger partial charge on any atom is -0.508 e. The fourth-order valence-corrected chi connectivity index (χ4v) is 4.85. The molecule has 0 bridgehead atoms. The molecular weight excluding hydrogens is 364 g/mol. The molecule has 0 radical (unpaired) electrons. The highest BCUT2D eigenvalue weighted by atomic mass is 16.3. The van der Waals surface area contributed by atoms with Gasteiger partial charge in [-0.3, -0.25) is 4.79 Å². The SMILES string of the molecule is CC(C)c1cc(C(=O)N2CC3=C(CC(CN4CCCCC4)C=C3)C2)c(O)cc1O. The number of phenolic OH excluding ortho intramolecular Hbond substituents is 2. The van der Waals surface area contributed by atoms with Crippen LogP contribution >= 0.6 is 0 Å². The quantitative estimate of drug-likeness (QED) is 0.806. The number of amides is 1. The third kappa shape index (κ3) is 4.20. The van der Waals surface area contributed by atoms with Crippen LogP contribution in [0.5, 0.6) is 11.5 Å². The zero-order valence-corrected chi connectivity index (χ0v) is 17.5. The van der Waals surface area contributed by atoms with E-state index in [0.717, 1.165) is 13.0 Å². The number of aromatic hydroxyl groups is 2. The topological polar surface area (TPSA) is 64.0 Å². The Bertz CT molecular complexity index is 850. The number of rotatable bonds is 4. The fourth-order valence-electron chi connectivity index (χ4n) is 4.85. The Kier molecular flexibility index (Phi) is 5.68. The zero-order chi connectivity index (χ0) is 20.5. The van der Waals surface area contributed by atoms with Gasteiger partial charge in [-0.1, -0.05) is 32.4 Å². The molecule has 0 spiro atoms. The predicted molar refractivity (Wildman–Crippen MR) is 114 cm³/mol. The van der Waals surface area contributed by atoms with Crippen molar-refractivity contribution < 1.29 is 15.0 Å². The van der Waals surface area contributed by atoms with Crippen LogP contribution in [-0.4, -0.2) is 58.6 Å². The number of nitrogens with zero attached hydrogens (tertiary/aromatic N) is 2. The number of carbonyl (C=O) groups excluding carboxylic acids is 1. The minimum atomic E-state index is -0.167. The summed E-state index contributed by atoms with van der Waals surface area (Å²) in [4.78, 5) is 17.5. The maximum Gasteiger partial charge on any atom is 0.258 e. The van der Waals surface area contributed by atoms with E-state index in [4.69, 9.17) is 0 Å². The maximum atomic E-state index is 13.1. The highest BCUT2D eigenvalue weighted by Gasteiger charge is 2.31. The van der Waals surface area contributed by atoms with Crippen LogP contribution in [0, 0.1) is 5.92 Å². The number of benzene rings is 1. The fraction of sp³-hybridized carbons (Fsp3) is 0.542. The number of hydrogen-bond acceptors (Lipinski definition) is 4. The van der Waals surface area contributed by atoms with E-state index in [0.29, 0.717) is 24.6 Å². The lowest BCUT2D eigenvalue weighted by molar-refractivity contribution is 0.0792. The Morgan fingerprint density at radius 2 is 1.86 bits per heavy atom. The molecule has 1 fully saturated rings. The lowest BCUT2D eigenvalue weighted by atomic mass is 9.90. The second-order valence-electron chi connectivity index (χ2n) is 9.06. The van der Waals surface area contributed by atoms with Crippen molar-refractivity contribution >= 4 is 5.91 Å². The number of phenols is 2. The first-order chi connectivity index (χ1) is 13.9. The first kappa shape index (κ1) is 20.0. The molecule has 5 nitrogen and oxygen atoms in total. The zero-order valence-electron chi connectivity index (χ0n) is 17.5. The largest absolute Gasteiger partial charge is 0.508 e. The van der Waals surface area contributed by atoms with Crippen LogP contribution in [0.4, 0.5) is 0 Å². The molecule has 4 rings (SSSR count). The van der Waals surface area contributed by atoms with Gasteiger partial charge in [0.2, 0.25) is 0 Å². The summed E-state index contributed by atoms with van der Waals surface area (Å²) in [5.74, 6) is 0.318. The van der Waals surface area contributed by atoms with Gasteiger partial charge in [-0.2, -0.15) is 0 Å². The van der Waals surface area contributed by atoms with Gasteiger partial charge in [0, 0.05) is 25.7 Å². The average molecular weight is 397 g/mol. The molecule has 1 atom stereocenters. The summed E-state index contributed by atoms with van der Waals surface area (Å²) in [7, 11) is 0. The van der Waals surface area contributed by atoms with Crippen molar-refractivity contribution in [2.75, 3.05) is 32.7 Å². The summed E-state index contributed by atoms with van der Waals surface area (Å²) < 4.78 is 0. The second kappa shape index (κ2) is 8.23. The van der Waals surface area contributed by atoms with Crippen LogP contribution in [0.3, 0.4) is 0 Å². The summed E-state index contributed by atoms with van der Waals surface area (Å²) in [5, 5.41) is 20.3. The summed E-state index contributed by atoms with van der Waals surface area (Å²) in [6.07, 6.45) is 9.51. The molecule has 1 aliphatic carbocycles. The molecule has 1 unspecified atom stereocenters. The van der Waals surface area contributed by atoms with Crippen molar-refractivity contribution in [1.29, 1.82) is 0 Å². The summed E-state index contributed by atoms with van der Waals surface area (Å²) in [5.41, 5.74) is 3.56. The molecule has 156 valence electrons. The number of carbonyl (C=O) groups is 1. The normalized spacial score (nSPS) is 22.4. The molecule has 2 N–H and O–H groups in total. The van der Waals surface area contributed by atoms with Gasteiger partial charge in [0.1, 0.15) is 11.5 Å². The first-order valence-electron chi connectivity index (χ1n) is 10.9. The molecule has 1 aromatic rings. The van der Waals surface area contributed by atoms with E-state index in [1.807, 2.05) is 18.7 Å². The van der Waals surface area contributed by atoms with Gasteiger partial charge in [0.15, 0.2) is 0 Å². The smallest absolute Gasteiger partial charge is 0.258 e. The van der Waals surface area contributed by atoms with Crippen LogP contribution in [0.15, 0.2) is 35.4 Å². The molecule has 2 heterocycles. The van der Waals surface area contributed by atoms with Crippen LogP contribution in [0.2, 0.25) is 0 Å². The van der Waals surface area contributed by atoms with Crippen molar-refractivity contribution in [1.82, 2.24) is 9.80 Å². The Hall–Kier alpha value is -2.27. The molecule has 0 saturated carbocycles. The van der Waals surface area contributed by atoms with Crippen LogP contribution < -0.4 is 0 Å². The molecule has 1 saturated heterocycles. The molecule has 3 aliphatic rings. The van der Waals surface area contributed by atoms with E-state index in [2.05, 4.69) is 17.1 Å². The summed E-state index contributed by atoms with van der Waals surface area (Å²) >= 11 is 0. The van der Waals surface area contributed by atoms with Crippen molar-refractivity contribution in [2.24, 2.45) is 5.92 Å². The third-order valence-corrected chi connectivity index (χ3v) is 6.50. The van der Waals surface area contributed by atoms with Crippen molar-refractivity contribution in [3.63, 3.8) is 0 Å². The van der Waals surface area contributed by atoms with E-state index in [9.17, 15) is 15.0 Å². The van der Waals surface area contributed by atoms with Gasteiger partial charge < -0.3 is 20.0 Å². The predicted octanol–water partition coefficient (Wildman–Crippen LogP) is 4.04. The Balaban J connectivity index is 1.42. The van der Waals surface area contributed by atoms with Crippen molar-refractivity contribution in [3.8, 4) is 11.5 Å². The Morgan fingerprint density at radius 3 is 2.59 bits per heavy atom. The van der Waals surface area contributed by atoms with Crippen LogP contribution in [0.25, 0.3) is 0 Å². The van der Waals surface area contributed by atoms with E-state index in [1.54, 1.807) is 6.07 Å². The average Bonchev–Trinajstić information content (AvgIpc) is 3.11. The highest BCUT2D eigenvalue weighted by Crippen LogP contribution is 2.35.